The molecule has 4 aromatic rings. The fraction of sp³-hybridized carbons (Fsp3) is 0.278. The predicted octanol–water partition coefficient (Wildman–Crippen LogP) is 6.03. The zero-order chi connectivity index (χ0) is 35.7. The van der Waals surface area contributed by atoms with Crippen molar-refractivity contribution in [3.63, 3.8) is 0 Å². The third-order valence-electron chi connectivity index (χ3n) is 7.39. The van der Waals surface area contributed by atoms with Crippen molar-refractivity contribution in [2.75, 3.05) is 76.8 Å². The second kappa shape index (κ2) is 19.3. The molecule has 0 aliphatic carbocycles. The topological polar surface area (TPSA) is 176 Å². The summed E-state index contributed by atoms with van der Waals surface area (Å²) < 4.78 is 22.7. The first-order chi connectivity index (χ1) is 24.9. The van der Waals surface area contributed by atoms with Crippen molar-refractivity contribution >= 4 is 29.0 Å². The van der Waals surface area contributed by atoms with Crippen LogP contribution in [0.15, 0.2) is 102 Å². The number of amides is 2. The van der Waals surface area contributed by atoms with Gasteiger partial charge in [-0.3, -0.25) is 9.59 Å². The highest BCUT2D eigenvalue weighted by atomic mass is 16.5. The minimum absolute atomic E-state index is 0.178. The van der Waals surface area contributed by atoms with Crippen LogP contribution in [0.5, 0.6) is 23.1 Å². The van der Waals surface area contributed by atoms with E-state index in [1.54, 1.807) is 59.5 Å². The Morgan fingerprint density at radius 1 is 0.961 bits per heavy atom. The van der Waals surface area contributed by atoms with Gasteiger partial charge in [0, 0.05) is 66.7 Å². The second-order valence-corrected chi connectivity index (χ2v) is 11.3. The van der Waals surface area contributed by atoms with Crippen molar-refractivity contribution in [2.24, 2.45) is 5.11 Å². The normalized spacial score (nSPS) is 12.7. The van der Waals surface area contributed by atoms with E-state index in [-0.39, 0.29) is 18.4 Å². The van der Waals surface area contributed by atoms with Gasteiger partial charge in [-0.2, -0.15) is 0 Å². The number of para-hydroxylation sites is 1. The Kier molecular flexibility index (Phi) is 13.7. The second-order valence-electron chi connectivity index (χ2n) is 11.3. The highest BCUT2D eigenvalue weighted by Crippen LogP contribution is 2.28. The average Bonchev–Trinajstić information content (AvgIpc) is 3.14. The highest BCUT2D eigenvalue weighted by Gasteiger charge is 2.20. The molecule has 0 radical (unpaired) electrons. The summed E-state index contributed by atoms with van der Waals surface area (Å²) in [6.45, 7) is 4.11. The Morgan fingerprint density at radius 2 is 1.69 bits per heavy atom. The Hall–Kier alpha value is -5.99. The molecule has 1 aromatic heterocycles. The van der Waals surface area contributed by atoms with Crippen molar-refractivity contribution in [2.45, 2.75) is 0 Å². The molecule has 51 heavy (non-hydrogen) atoms. The summed E-state index contributed by atoms with van der Waals surface area (Å²) in [6, 6.07) is 23.4. The van der Waals surface area contributed by atoms with Gasteiger partial charge in [-0.25, -0.2) is 9.97 Å². The van der Waals surface area contributed by atoms with Gasteiger partial charge in [0.2, 0.25) is 11.8 Å². The van der Waals surface area contributed by atoms with Gasteiger partial charge >= 0.3 is 0 Å². The van der Waals surface area contributed by atoms with E-state index >= 15 is 0 Å². The van der Waals surface area contributed by atoms with Crippen molar-refractivity contribution in [3.05, 3.63) is 113 Å². The molecule has 5 rings (SSSR count). The molecule has 15 heteroatoms. The number of likely N-dealkylation sites (N-methyl/N-ethyl adjacent to an activating group) is 1. The van der Waals surface area contributed by atoms with Crippen molar-refractivity contribution in [1.29, 1.82) is 0 Å². The molecule has 0 saturated carbocycles. The summed E-state index contributed by atoms with van der Waals surface area (Å²) in [7, 11) is 1.90. The third kappa shape index (κ3) is 12.1. The SMILES string of the molecule is CN(C/C=C/C(=O)Nc1cc(Nc2cc(Oc3ccc(Oc4ccccc4)cc3)ncn2)cc(C(=O)N2CCOCC2)c1)CCOCCN=[N+]=[N-]. The number of aromatic nitrogens is 2. The molecule has 0 bridgehead atoms. The Balaban J connectivity index is 1.23. The van der Waals surface area contributed by atoms with Crippen LogP contribution in [-0.2, 0) is 14.3 Å². The van der Waals surface area contributed by atoms with Crippen LogP contribution in [0.25, 0.3) is 10.4 Å². The molecule has 15 nitrogen and oxygen atoms in total. The van der Waals surface area contributed by atoms with Crippen LogP contribution in [-0.4, -0.2) is 97.8 Å². The van der Waals surface area contributed by atoms with E-state index in [1.165, 1.54) is 12.4 Å². The summed E-state index contributed by atoms with van der Waals surface area (Å²) in [6.07, 6.45) is 4.55. The summed E-state index contributed by atoms with van der Waals surface area (Å²) in [5, 5.41) is 9.51. The molecule has 3 aromatic carbocycles. The van der Waals surface area contributed by atoms with Crippen LogP contribution < -0.4 is 20.1 Å². The number of hydrogen-bond donors (Lipinski definition) is 2. The largest absolute Gasteiger partial charge is 0.457 e. The molecule has 2 amide bonds. The van der Waals surface area contributed by atoms with Crippen LogP contribution in [0.1, 0.15) is 10.4 Å². The molecule has 0 atom stereocenters. The van der Waals surface area contributed by atoms with E-state index in [0.29, 0.717) is 92.7 Å². The summed E-state index contributed by atoms with van der Waals surface area (Å²) >= 11 is 0. The Bertz CT molecular complexity index is 1810. The number of hydrogen-bond acceptors (Lipinski definition) is 11. The van der Waals surface area contributed by atoms with Crippen LogP contribution in [0.3, 0.4) is 0 Å². The lowest BCUT2D eigenvalue weighted by atomic mass is 10.1. The number of azide groups is 1. The summed E-state index contributed by atoms with van der Waals surface area (Å²) in [4.78, 5) is 41.3. The minimum atomic E-state index is -0.353. The molecule has 0 unspecified atom stereocenters. The molecule has 1 saturated heterocycles. The number of carbonyl (C=O) groups excluding carboxylic acids is 2. The molecule has 1 aliphatic heterocycles. The lowest BCUT2D eigenvalue weighted by Gasteiger charge is -2.27. The standard InChI is InChI=1S/C36H39N9O6/c1-44(15-19-48-18-13-40-43-37)14-5-8-34(46)42-29-23-27(36(47)45-16-20-49-21-17-45)22-28(24-29)41-33-25-35(39-26-38-33)51-32-11-9-31(10-12-32)50-30-6-3-2-4-7-30/h2-12,22-26H,13-21H2,1H3,(H,42,46)(H,38,39,41)/b8-5+. The Labute approximate surface area is 295 Å². The predicted molar refractivity (Wildman–Crippen MR) is 192 cm³/mol. The minimum Gasteiger partial charge on any atom is -0.457 e. The van der Waals surface area contributed by atoms with Gasteiger partial charge in [-0.15, -0.1) is 0 Å². The molecule has 2 N–H and O–H groups in total. The van der Waals surface area contributed by atoms with E-state index in [4.69, 9.17) is 24.5 Å². The van der Waals surface area contributed by atoms with Gasteiger partial charge in [0.15, 0.2) is 0 Å². The maximum absolute atomic E-state index is 13.5. The maximum atomic E-state index is 13.5. The first kappa shape index (κ1) is 36.3. The molecular formula is C36H39N9O6. The van der Waals surface area contributed by atoms with Gasteiger partial charge in [0.1, 0.15) is 29.4 Å². The molecule has 1 fully saturated rings. The molecule has 1 aliphatic rings. The van der Waals surface area contributed by atoms with Gasteiger partial charge in [-0.1, -0.05) is 29.4 Å². The molecule has 0 spiro atoms. The van der Waals surface area contributed by atoms with Crippen LogP contribution in [0.2, 0.25) is 0 Å². The van der Waals surface area contributed by atoms with Crippen LogP contribution in [0, 0.1) is 0 Å². The van der Waals surface area contributed by atoms with E-state index in [2.05, 4.69) is 30.6 Å². The number of carbonyl (C=O) groups is 2. The summed E-state index contributed by atoms with van der Waals surface area (Å²) in [5.41, 5.74) is 9.66. The molecule has 264 valence electrons. The summed E-state index contributed by atoms with van der Waals surface area (Å²) in [5.74, 6) is 2.14. The first-order valence-corrected chi connectivity index (χ1v) is 16.3. The average molecular weight is 694 g/mol. The smallest absolute Gasteiger partial charge is 0.254 e. The quantitative estimate of drug-likeness (QED) is 0.0437. The fourth-order valence-electron chi connectivity index (χ4n) is 4.86. The van der Waals surface area contributed by atoms with Crippen molar-refractivity contribution in [1.82, 2.24) is 19.8 Å². The van der Waals surface area contributed by atoms with Crippen LogP contribution >= 0.6 is 0 Å². The van der Waals surface area contributed by atoms with E-state index < -0.39 is 0 Å². The fourth-order valence-corrected chi connectivity index (χ4v) is 4.86. The molecule has 2 heterocycles. The monoisotopic (exact) mass is 693 g/mol. The number of anilines is 3. The maximum Gasteiger partial charge on any atom is 0.254 e. The zero-order valence-electron chi connectivity index (χ0n) is 28.2. The molecular weight excluding hydrogens is 654 g/mol. The number of benzene rings is 3. The van der Waals surface area contributed by atoms with Gasteiger partial charge in [-0.05, 0) is 67.2 Å². The van der Waals surface area contributed by atoms with Gasteiger partial charge in [0.25, 0.3) is 5.91 Å². The van der Waals surface area contributed by atoms with Gasteiger partial charge in [0.05, 0.1) is 26.4 Å². The van der Waals surface area contributed by atoms with E-state index in [0.717, 1.165) is 5.75 Å². The van der Waals surface area contributed by atoms with E-state index in [1.807, 2.05) is 42.3 Å². The zero-order valence-corrected chi connectivity index (χ0v) is 28.2. The first-order valence-electron chi connectivity index (χ1n) is 16.3. The number of morpholine rings is 1. The van der Waals surface area contributed by atoms with Crippen LogP contribution in [0.4, 0.5) is 17.2 Å². The van der Waals surface area contributed by atoms with Gasteiger partial charge < -0.3 is 39.4 Å². The van der Waals surface area contributed by atoms with Crippen molar-refractivity contribution < 1.29 is 28.5 Å². The highest BCUT2D eigenvalue weighted by molar-refractivity contribution is 6.02. The third-order valence-corrected chi connectivity index (χ3v) is 7.39. The number of nitrogens with one attached hydrogen (secondary N) is 2. The number of nitrogens with zero attached hydrogens (tertiary/aromatic N) is 7. The lowest BCUT2D eigenvalue weighted by molar-refractivity contribution is -0.111. The Morgan fingerprint density at radius 3 is 2.45 bits per heavy atom. The van der Waals surface area contributed by atoms with Crippen molar-refractivity contribution in [3.8, 4) is 23.1 Å². The lowest BCUT2D eigenvalue weighted by Crippen LogP contribution is -2.40. The van der Waals surface area contributed by atoms with E-state index in [9.17, 15) is 9.59 Å². The number of ether oxygens (including phenoxy) is 4. The number of rotatable bonds is 17.